The summed E-state index contributed by atoms with van der Waals surface area (Å²) in [4.78, 5) is 39.0. The number of nitrogens with zero attached hydrogens (tertiary/aromatic N) is 1. The molecule has 0 radical (unpaired) electrons. The van der Waals surface area contributed by atoms with Crippen molar-refractivity contribution in [3.63, 3.8) is 0 Å². The molecule has 45 heavy (non-hydrogen) atoms. The van der Waals surface area contributed by atoms with Crippen LogP contribution in [0.4, 0.5) is 5.69 Å². The van der Waals surface area contributed by atoms with Crippen molar-refractivity contribution >= 4 is 45.0 Å². The van der Waals surface area contributed by atoms with Crippen LogP contribution in [0.1, 0.15) is 62.1 Å². The maximum atomic E-state index is 13.4. The Bertz CT molecular complexity index is 1380. The molecule has 1 aromatic heterocycles. The van der Waals surface area contributed by atoms with Gasteiger partial charge in [0.2, 0.25) is 0 Å². The summed E-state index contributed by atoms with van der Waals surface area (Å²) in [7, 11) is 1.64. The number of likely N-dealkylation sites (N-methyl/N-ethyl adjacent to an activating group) is 1. The number of hydrogen-bond donors (Lipinski definition) is 2. The van der Waals surface area contributed by atoms with Crippen LogP contribution in [-0.4, -0.2) is 80.0 Å². The molecule has 2 aromatic carbocycles. The number of fused-ring (bicyclic) bond motifs is 1. The Morgan fingerprint density at radius 2 is 1.71 bits per heavy atom. The topological polar surface area (TPSA) is 114 Å². The Morgan fingerprint density at radius 1 is 0.911 bits per heavy atom. The van der Waals surface area contributed by atoms with Crippen LogP contribution in [0.25, 0.3) is 10.1 Å². The molecule has 0 spiro atoms. The van der Waals surface area contributed by atoms with E-state index in [4.69, 9.17) is 14.2 Å². The van der Waals surface area contributed by atoms with E-state index in [2.05, 4.69) is 67.0 Å². The largest absolute Gasteiger partial charge is 0.479 e. The lowest BCUT2D eigenvalue weighted by Gasteiger charge is -2.28. The van der Waals surface area contributed by atoms with E-state index in [0.29, 0.717) is 13.0 Å². The van der Waals surface area contributed by atoms with Crippen molar-refractivity contribution < 1.29 is 33.7 Å². The van der Waals surface area contributed by atoms with E-state index in [9.17, 15) is 19.5 Å². The van der Waals surface area contributed by atoms with Crippen molar-refractivity contribution in [1.29, 1.82) is 0 Å². The number of carboxylic acid groups (broad SMARTS) is 1. The van der Waals surface area contributed by atoms with Crippen LogP contribution in [0.15, 0.2) is 47.8 Å². The lowest BCUT2D eigenvalue weighted by molar-refractivity contribution is -0.177. The molecule has 0 aliphatic heterocycles. The zero-order valence-electron chi connectivity index (χ0n) is 27.0. The summed E-state index contributed by atoms with van der Waals surface area (Å²) in [6.07, 6.45) is 2.95. The number of thiophene rings is 1. The van der Waals surface area contributed by atoms with E-state index >= 15 is 0 Å². The highest BCUT2D eigenvalue weighted by Gasteiger charge is 2.38. The minimum absolute atomic E-state index is 0.142. The van der Waals surface area contributed by atoms with Gasteiger partial charge in [-0.3, -0.25) is 4.79 Å². The number of nitrogens with one attached hydrogen (secondary N) is 1. The summed E-state index contributed by atoms with van der Waals surface area (Å²) in [5, 5.41) is 16.7. The number of hydrogen-bond acceptors (Lipinski definition) is 8. The Morgan fingerprint density at radius 3 is 2.47 bits per heavy atom. The summed E-state index contributed by atoms with van der Waals surface area (Å²) in [6.45, 7) is 6.87. The van der Waals surface area contributed by atoms with Gasteiger partial charge in [-0.1, -0.05) is 24.6 Å². The minimum Gasteiger partial charge on any atom is -0.479 e. The highest BCUT2D eigenvalue weighted by Crippen LogP contribution is 2.24. The van der Waals surface area contributed by atoms with Crippen LogP contribution in [0.5, 0.6) is 0 Å². The van der Waals surface area contributed by atoms with Crippen LogP contribution in [0.2, 0.25) is 0 Å². The van der Waals surface area contributed by atoms with Crippen LogP contribution in [0.3, 0.4) is 0 Å². The van der Waals surface area contributed by atoms with Gasteiger partial charge in [0.25, 0.3) is 5.91 Å². The average molecular weight is 641 g/mol. The number of amides is 1. The highest BCUT2D eigenvalue weighted by molar-refractivity contribution is 7.17. The number of carbonyl (C=O) groups excluding carboxylic acids is 2. The van der Waals surface area contributed by atoms with E-state index in [0.717, 1.165) is 50.8 Å². The third kappa shape index (κ3) is 12.1. The number of aliphatic carboxylic acids is 1. The lowest BCUT2D eigenvalue weighted by atomic mass is 10.0. The number of carboxylic acids is 1. The predicted octanol–water partition coefficient (Wildman–Crippen LogP) is 6.39. The summed E-state index contributed by atoms with van der Waals surface area (Å²) < 4.78 is 17.4. The number of benzene rings is 2. The van der Waals surface area contributed by atoms with Gasteiger partial charge in [-0.2, -0.15) is 0 Å². The zero-order chi connectivity index (χ0) is 32.6. The van der Waals surface area contributed by atoms with Gasteiger partial charge in [0, 0.05) is 37.1 Å². The first-order chi connectivity index (χ1) is 21.7. The van der Waals surface area contributed by atoms with Crippen molar-refractivity contribution in [2.75, 3.05) is 45.3 Å². The molecular weight excluding hydrogens is 592 g/mol. The van der Waals surface area contributed by atoms with E-state index in [1.165, 1.54) is 31.7 Å². The number of rotatable bonds is 21. The van der Waals surface area contributed by atoms with Crippen LogP contribution < -0.4 is 5.32 Å². The average Bonchev–Trinajstić information content (AvgIpc) is 3.49. The second-order valence-electron chi connectivity index (χ2n) is 11.3. The fraction of sp³-hybridized carbons (Fsp3) is 0.514. The van der Waals surface area contributed by atoms with Crippen LogP contribution in [0, 0.1) is 13.8 Å². The van der Waals surface area contributed by atoms with Crippen molar-refractivity contribution in [2.24, 2.45) is 0 Å². The smallest absolute Gasteiger partial charge is 0.336 e. The first-order valence-electron chi connectivity index (χ1n) is 15.8. The molecule has 0 saturated carbocycles. The summed E-state index contributed by atoms with van der Waals surface area (Å²) in [6, 6.07) is 14.9. The maximum Gasteiger partial charge on any atom is 0.336 e. The van der Waals surface area contributed by atoms with Crippen molar-refractivity contribution in [2.45, 2.75) is 77.9 Å². The third-order valence-corrected chi connectivity index (χ3v) is 8.65. The Hall–Kier alpha value is -3.47. The fourth-order valence-electron chi connectivity index (χ4n) is 5.00. The summed E-state index contributed by atoms with van der Waals surface area (Å²) in [5.41, 5.74) is 4.90. The maximum absolute atomic E-state index is 13.4. The monoisotopic (exact) mass is 640 g/mol. The number of carbonyl (C=O) groups is 3. The number of unbranched alkanes of at least 4 members (excludes halogenated alkanes) is 4. The van der Waals surface area contributed by atoms with E-state index in [1.54, 1.807) is 25.3 Å². The predicted molar refractivity (Wildman–Crippen MR) is 179 cm³/mol. The molecule has 246 valence electrons. The molecule has 10 heteroatoms. The molecular formula is C35H48N2O7S. The van der Waals surface area contributed by atoms with Crippen molar-refractivity contribution in [1.82, 2.24) is 4.90 Å². The number of ether oxygens (including phenoxy) is 3. The molecule has 0 aliphatic rings. The molecule has 1 amide bonds. The van der Waals surface area contributed by atoms with Gasteiger partial charge in [0.1, 0.15) is 6.61 Å². The van der Waals surface area contributed by atoms with Gasteiger partial charge < -0.3 is 29.5 Å². The molecule has 9 nitrogen and oxygen atoms in total. The van der Waals surface area contributed by atoms with Crippen LogP contribution in [-0.2, 0) is 35.0 Å². The number of anilines is 1. The molecule has 2 N–H and O–H groups in total. The van der Waals surface area contributed by atoms with Gasteiger partial charge >= 0.3 is 11.9 Å². The first-order valence-corrected chi connectivity index (χ1v) is 16.7. The van der Waals surface area contributed by atoms with Gasteiger partial charge in [-0.25, -0.2) is 9.59 Å². The molecule has 1 heterocycles. The SMILES string of the molecule is CCOC(=O)CO[C@@H](C(=O)O)[C@@H](OCCCCCc1ccc(C)c(C)c1)C(=O)N(C)CCCCCNc1ccc2sccc2c1. The van der Waals surface area contributed by atoms with E-state index < -0.39 is 36.7 Å². The molecule has 3 aromatic rings. The summed E-state index contributed by atoms with van der Waals surface area (Å²) >= 11 is 1.72. The Kier molecular flexibility index (Phi) is 15.3. The molecule has 2 atom stereocenters. The van der Waals surface area contributed by atoms with Gasteiger partial charge in [-0.05, 0) is 111 Å². The Labute approximate surface area is 270 Å². The molecule has 3 rings (SSSR count). The Balaban J connectivity index is 1.47. The first kappa shape index (κ1) is 36.0. The number of esters is 1. The molecule has 0 fully saturated rings. The van der Waals surface area contributed by atoms with E-state index in [1.807, 2.05) is 0 Å². The third-order valence-electron chi connectivity index (χ3n) is 7.75. The highest BCUT2D eigenvalue weighted by atomic mass is 32.1. The zero-order valence-corrected chi connectivity index (χ0v) is 27.8. The van der Waals surface area contributed by atoms with Crippen molar-refractivity contribution in [3.8, 4) is 0 Å². The minimum atomic E-state index is -1.63. The van der Waals surface area contributed by atoms with Gasteiger partial charge in [-0.15, -0.1) is 11.3 Å². The molecule has 0 unspecified atom stereocenters. The van der Waals surface area contributed by atoms with Gasteiger partial charge in [0.15, 0.2) is 12.2 Å². The second-order valence-corrected chi connectivity index (χ2v) is 12.3. The molecule has 0 bridgehead atoms. The molecule has 0 saturated heterocycles. The normalized spacial score (nSPS) is 12.5. The molecule has 0 aliphatic carbocycles. The quantitative estimate of drug-likeness (QED) is 0.102. The van der Waals surface area contributed by atoms with Gasteiger partial charge in [0.05, 0.1) is 6.61 Å². The van der Waals surface area contributed by atoms with Crippen LogP contribution >= 0.6 is 11.3 Å². The fourth-order valence-corrected chi connectivity index (χ4v) is 5.77. The standard InChI is InChI=1S/C35H48N2O7S/c1-5-42-31(38)24-44-33(35(40)41)32(43-20-11-6-8-12-27-14-13-25(2)26(3)22-27)34(39)37(4)19-10-7-9-18-36-29-15-16-30-28(23-29)17-21-45-30/h13-17,21-23,32-33,36H,5-12,18-20,24H2,1-4H3,(H,40,41)/t32-,33-/m1/s1. The van der Waals surface area contributed by atoms with Crippen molar-refractivity contribution in [3.05, 3.63) is 64.5 Å². The second kappa shape index (κ2) is 19.1. The lowest BCUT2D eigenvalue weighted by Crippen LogP contribution is -2.50. The number of aryl methyl sites for hydroxylation is 3. The summed E-state index contributed by atoms with van der Waals surface area (Å²) in [5.74, 6) is -2.55. The van der Waals surface area contributed by atoms with E-state index in [-0.39, 0.29) is 13.2 Å².